The molecular formula is C13H15NO3S. The first-order chi connectivity index (χ1) is 8.64. The van der Waals surface area contributed by atoms with Crippen LogP contribution < -0.4 is 0 Å². The van der Waals surface area contributed by atoms with Crippen molar-refractivity contribution >= 4 is 15.5 Å². The molecule has 1 aromatic rings. The quantitative estimate of drug-likeness (QED) is 0.657. The summed E-state index contributed by atoms with van der Waals surface area (Å²) in [6.45, 7) is 0. The Morgan fingerprint density at radius 1 is 1.17 bits per heavy atom. The van der Waals surface area contributed by atoms with Gasteiger partial charge in [-0.25, -0.2) is 8.42 Å². The highest BCUT2D eigenvalue weighted by atomic mass is 32.2. The van der Waals surface area contributed by atoms with Crippen molar-refractivity contribution in [1.82, 2.24) is 0 Å². The van der Waals surface area contributed by atoms with Gasteiger partial charge in [0, 0.05) is 5.92 Å². The molecule has 1 aromatic carbocycles. The van der Waals surface area contributed by atoms with Crippen LogP contribution in [0, 0.1) is 11.8 Å². The fraction of sp³-hybridized carbons (Fsp3) is 0.462. The van der Waals surface area contributed by atoms with Crippen LogP contribution in [0.3, 0.4) is 0 Å². The predicted molar refractivity (Wildman–Crippen MR) is 67.5 cm³/mol. The fourth-order valence-electron chi connectivity index (χ4n) is 3.34. The molecule has 5 heteroatoms. The van der Waals surface area contributed by atoms with Gasteiger partial charge in [0.1, 0.15) is 5.25 Å². The Balaban J connectivity index is 2.05. The second-order valence-corrected chi connectivity index (χ2v) is 7.14. The van der Waals surface area contributed by atoms with Gasteiger partial charge < -0.3 is 5.21 Å². The van der Waals surface area contributed by atoms with E-state index in [4.69, 9.17) is 5.21 Å². The Morgan fingerprint density at radius 2 is 1.89 bits per heavy atom. The molecule has 1 N–H and O–H groups in total. The molecule has 0 amide bonds. The maximum atomic E-state index is 12.6. The monoisotopic (exact) mass is 265 g/mol. The lowest BCUT2D eigenvalue weighted by atomic mass is 9.98. The minimum Gasteiger partial charge on any atom is -0.411 e. The number of nitrogens with zero attached hydrogens (tertiary/aromatic N) is 1. The Morgan fingerprint density at radius 3 is 2.56 bits per heavy atom. The number of benzene rings is 1. The van der Waals surface area contributed by atoms with Crippen molar-refractivity contribution in [3.8, 4) is 0 Å². The van der Waals surface area contributed by atoms with Crippen LogP contribution in [0.2, 0.25) is 0 Å². The minimum absolute atomic E-state index is 0.117. The molecule has 0 aromatic heterocycles. The van der Waals surface area contributed by atoms with Gasteiger partial charge in [0.25, 0.3) is 0 Å². The molecule has 18 heavy (non-hydrogen) atoms. The number of rotatable bonds is 2. The van der Waals surface area contributed by atoms with E-state index in [-0.39, 0.29) is 11.8 Å². The zero-order valence-corrected chi connectivity index (χ0v) is 10.7. The first kappa shape index (κ1) is 11.7. The topological polar surface area (TPSA) is 66.7 Å². The largest absolute Gasteiger partial charge is 0.411 e. The van der Waals surface area contributed by atoms with Crippen molar-refractivity contribution in [2.75, 3.05) is 0 Å². The average molecular weight is 265 g/mol. The first-order valence-electron chi connectivity index (χ1n) is 6.15. The Kier molecular flexibility index (Phi) is 2.66. The number of oxime groups is 1. The van der Waals surface area contributed by atoms with Crippen molar-refractivity contribution < 1.29 is 13.6 Å². The summed E-state index contributed by atoms with van der Waals surface area (Å²) in [7, 11) is -3.42. The average Bonchev–Trinajstić information content (AvgIpc) is 2.99. The molecule has 4 nitrogen and oxygen atoms in total. The summed E-state index contributed by atoms with van der Waals surface area (Å²) < 4.78 is 25.2. The van der Waals surface area contributed by atoms with E-state index in [1.165, 1.54) is 0 Å². The van der Waals surface area contributed by atoms with E-state index in [9.17, 15) is 8.42 Å². The molecule has 3 unspecified atom stereocenters. The summed E-state index contributed by atoms with van der Waals surface area (Å²) in [5.74, 6) is 0.273. The molecular weight excluding hydrogens is 250 g/mol. The highest BCUT2D eigenvalue weighted by Gasteiger charge is 2.51. The number of fused-ring (bicyclic) bond motifs is 2. The highest BCUT2D eigenvalue weighted by molar-refractivity contribution is 7.92. The van der Waals surface area contributed by atoms with Crippen LogP contribution in [0.4, 0.5) is 0 Å². The lowest BCUT2D eigenvalue weighted by Crippen LogP contribution is -2.35. The molecule has 0 aliphatic heterocycles. The molecule has 2 saturated carbocycles. The number of hydrogen-bond acceptors (Lipinski definition) is 4. The highest BCUT2D eigenvalue weighted by Crippen LogP contribution is 2.46. The van der Waals surface area contributed by atoms with Crippen molar-refractivity contribution in [3.63, 3.8) is 0 Å². The van der Waals surface area contributed by atoms with Crippen LogP contribution in [-0.2, 0) is 9.84 Å². The van der Waals surface area contributed by atoms with Gasteiger partial charge in [0.15, 0.2) is 9.84 Å². The van der Waals surface area contributed by atoms with Gasteiger partial charge in [-0.2, -0.15) is 0 Å². The van der Waals surface area contributed by atoms with Gasteiger partial charge in [-0.15, -0.1) is 0 Å². The van der Waals surface area contributed by atoms with Crippen molar-refractivity contribution in [3.05, 3.63) is 30.3 Å². The van der Waals surface area contributed by atoms with E-state index in [2.05, 4.69) is 5.16 Å². The smallest absolute Gasteiger partial charge is 0.187 e. The molecule has 3 atom stereocenters. The van der Waals surface area contributed by atoms with Crippen molar-refractivity contribution in [2.45, 2.75) is 29.4 Å². The van der Waals surface area contributed by atoms with E-state index >= 15 is 0 Å². The standard InChI is InChI=1S/C13H15NO3S/c15-14-12-9-6-7-10(8-9)13(12)18(16,17)11-4-2-1-3-5-11/h1-5,9-10,13,15H,6-8H2/b14-12-. The van der Waals surface area contributed by atoms with E-state index < -0.39 is 15.1 Å². The van der Waals surface area contributed by atoms with Crippen LogP contribution in [-0.4, -0.2) is 24.6 Å². The maximum absolute atomic E-state index is 12.6. The van der Waals surface area contributed by atoms with E-state index in [0.29, 0.717) is 10.6 Å². The summed E-state index contributed by atoms with van der Waals surface area (Å²) in [5.41, 5.74) is 0.468. The number of hydrogen-bond donors (Lipinski definition) is 1. The summed E-state index contributed by atoms with van der Waals surface area (Å²) >= 11 is 0. The first-order valence-corrected chi connectivity index (χ1v) is 7.70. The Hall–Kier alpha value is -1.36. The molecule has 2 aliphatic rings. The summed E-state index contributed by atoms with van der Waals surface area (Å²) in [6, 6.07) is 8.44. The lowest BCUT2D eigenvalue weighted by Gasteiger charge is -2.22. The Labute approximate surface area is 106 Å². The van der Waals surface area contributed by atoms with Crippen LogP contribution in [0.1, 0.15) is 19.3 Å². The number of sulfone groups is 1. The van der Waals surface area contributed by atoms with Crippen molar-refractivity contribution in [1.29, 1.82) is 0 Å². The third-order valence-corrected chi connectivity index (χ3v) is 6.36. The minimum atomic E-state index is -3.42. The van der Waals surface area contributed by atoms with Crippen LogP contribution in [0.25, 0.3) is 0 Å². The molecule has 96 valence electrons. The van der Waals surface area contributed by atoms with E-state index in [1.807, 2.05) is 0 Å². The van der Waals surface area contributed by atoms with Crippen LogP contribution in [0.15, 0.2) is 40.4 Å². The van der Waals surface area contributed by atoms with Gasteiger partial charge in [-0.05, 0) is 37.3 Å². The second kappa shape index (κ2) is 4.09. The zero-order chi connectivity index (χ0) is 12.8. The van der Waals surface area contributed by atoms with Gasteiger partial charge in [0.05, 0.1) is 10.6 Å². The second-order valence-electron chi connectivity index (χ2n) is 5.07. The molecule has 0 spiro atoms. The summed E-state index contributed by atoms with van der Waals surface area (Å²) in [5, 5.41) is 11.8. The molecule has 0 radical (unpaired) electrons. The normalized spacial score (nSPS) is 33.1. The summed E-state index contributed by atoms with van der Waals surface area (Å²) in [6.07, 6.45) is 2.71. The molecule has 2 aliphatic carbocycles. The zero-order valence-electron chi connectivity index (χ0n) is 9.86. The molecule has 0 saturated heterocycles. The fourth-order valence-corrected chi connectivity index (χ4v) is 5.48. The van der Waals surface area contributed by atoms with Gasteiger partial charge in [-0.1, -0.05) is 23.4 Å². The van der Waals surface area contributed by atoms with Gasteiger partial charge >= 0.3 is 0 Å². The van der Waals surface area contributed by atoms with Crippen LogP contribution >= 0.6 is 0 Å². The molecule has 0 heterocycles. The molecule has 2 fully saturated rings. The lowest BCUT2D eigenvalue weighted by molar-refractivity contribution is 0.313. The van der Waals surface area contributed by atoms with Gasteiger partial charge in [0.2, 0.25) is 0 Å². The maximum Gasteiger partial charge on any atom is 0.187 e. The van der Waals surface area contributed by atoms with Gasteiger partial charge in [-0.3, -0.25) is 0 Å². The van der Waals surface area contributed by atoms with E-state index in [1.54, 1.807) is 30.3 Å². The molecule has 2 bridgehead atoms. The Bertz CT molecular complexity index is 580. The third-order valence-electron chi connectivity index (χ3n) is 4.13. The SMILES string of the molecule is O=S(=O)(c1ccccc1)C1/C(=N\O)C2CCC1C2. The van der Waals surface area contributed by atoms with Crippen LogP contribution in [0.5, 0.6) is 0 Å². The predicted octanol–water partition coefficient (Wildman–Crippen LogP) is 2.09. The van der Waals surface area contributed by atoms with Crippen molar-refractivity contribution in [2.24, 2.45) is 17.0 Å². The van der Waals surface area contributed by atoms with E-state index in [0.717, 1.165) is 19.3 Å². The third kappa shape index (κ3) is 1.57. The molecule has 3 rings (SSSR count). The summed E-state index contributed by atoms with van der Waals surface area (Å²) in [4.78, 5) is 0.323.